The number of phenolic OH excluding ortho intramolecular Hbond substituents is 1. The fourth-order valence-electron chi connectivity index (χ4n) is 3.38. The number of nitro groups is 1. The Bertz CT molecular complexity index is 1420. The number of carbonyl (C=O) groups is 1. The minimum atomic E-state index is -0.771. The molecule has 0 aliphatic carbocycles. The Hall–Kier alpha value is -3.88. The zero-order valence-electron chi connectivity index (χ0n) is 16.9. The van der Waals surface area contributed by atoms with Gasteiger partial charge in [0, 0.05) is 41.3 Å². The van der Waals surface area contributed by atoms with Gasteiger partial charge in [-0.25, -0.2) is 5.43 Å². The maximum absolute atomic E-state index is 12.4. The summed E-state index contributed by atoms with van der Waals surface area (Å²) in [5, 5.41) is 26.6. The highest BCUT2D eigenvalue weighted by Crippen LogP contribution is 2.26. The van der Waals surface area contributed by atoms with Gasteiger partial charge in [-0.05, 0) is 29.8 Å². The Balaban J connectivity index is 1.58. The van der Waals surface area contributed by atoms with E-state index in [9.17, 15) is 20.0 Å². The third-order valence-corrected chi connectivity index (χ3v) is 5.70. The van der Waals surface area contributed by atoms with E-state index in [0.29, 0.717) is 16.6 Å². The van der Waals surface area contributed by atoms with Crippen LogP contribution in [0.2, 0.25) is 10.0 Å². The van der Waals surface area contributed by atoms with Gasteiger partial charge in [-0.2, -0.15) is 5.10 Å². The normalized spacial score (nSPS) is 11.2. The number of nitrogens with one attached hydrogen (secondary N) is 1. The van der Waals surface area contributed by atoms with Crippen LogP contribution in [0.4, 0.5) is 5.69 Å². The van der Waals surface area contributed by atoms with Crippen molar-refractivity contribution in [3.8, 4) is 5.75 Å². The maximum atomic E-state index is 12.4. The summed E-state index contributed by atoms with van der Waals surface area (Å²) in [7, 11) is 0. The largest absolute Gasteiger partial charge is 0.507 e. The lowest BCUT2D eigenvalue weighted by atomic mass is 10.1. The molecule has 0 radical (unpaired) electrons. The summed E-state index contributed by atoms with van der Waals surface area (Å²) in [5.41, 5.74) is 4.40. The molecule has 1 amide bonds. The molecule has 4 rings (SSSR count). The van der Waals surface area contributed by atoms with Crippen molar-refractivity contribution in [1.29, 1.82) is 0 Å². The summed E-state index contributed by atoms with van der Waals surface area (Å²) in [6, 6.07) is 16.3. The number of hydrogen-bond donors (Lipinski definition) is 2. The molecule has 0 aliphatic heterocycles. The predicted molar refractivity (Wildman–Crippen MR) is 127 cm³/mol. The van der Waals surface area contributed by atoms with Crippen LogP contribution < -0.4 is 5.43 Å². The van der Waals surface area contributed by atoms with Gasteiger partial charge in [0.15, 0.2) is 0 Å². The molecule has 4 aromatic rings. The van der Waals surface area contributed by atoms with Gasteiger partial charge in [0.2, 0.25) is 0 Å². The van der Waals surface area contributed by atoms with Crippen LogP contribution in [-0.2, 0) is 6.54 Å². The number of benzene rings is 3. The standard InChI is InChI=1S/C23H16Cl2N4O4/c24-19-7-5-14(9-20(19)25)12-28-13-15(17-3-1-2-4-21(17)28)11-26-27-23(31)18-10-16(29(32)33)6-8-22(18)30/h1-11,13,30H,12H2,(H,27,31)/b26-11-. The Kier molecular flexibility index (Phi) is 6.30. The van der Waals surface area contributed by atoms with Crippen molar-refractivity contribution < 1.29 is 14.8 Å². The number of phenols is 1. The zero-order chi connectivity index (χ0) is 23.5. The molecule has 8 nitrogen and oxygen atoms in total. The van der Waals surface area contributed by atoms with E-state index < -0.39 is 10.8 Å². The number of amides is 1. The number of hydrazone groups is 1. The fraction of sp³-hybridized carbons (Fsp3) is 0.0435. The molecule has 0 saturated heterocycles. The monoisotopic (exact) mass is 482 g/mol. The van der Waals surface area contributed by atoms with Crippen LogP contribution in [0.15, 0.2) is 72.0 Å². The van der Waals surface area contributed by atoms with E-state index in [4.69, 9.17) is 23.2 Å². The average molecular weight is 483 g/mol. The van der Waals surface area contributed by atoms with E-state index in [1.807, 2.05) is 41.1 Å². The minimum absolute atomic E-state index is 0.247. The number of fused-ring (bicyclic) bond motifs is 1. The molecule has 2 N–H and O–H groups in total. The number of nitrogens with zero attached hydrogens (tertiary/aromatic N) is 3. The van der Waals surface area contributed by atoms with Crippen LogP contribution in [-0.4, -0.2) is 26.7 Å². The van der Waals surface area contributed by atoms with Gasteiger partial charge in [0.25, 0.3) is 11.6 Å². The van der Waals surface area contributed by atoms with Gasteiger partial charge < -0.3 is 9.67 Å². The molecular weight excluding hydrogens is 467 g/mol. The molecule has 1 aromatic heterocycles. The summed E-state index contributed by atoms with van der Waals surface area (Å²) in [6.45, 7) is 0.541. The first-order chi connectivity index (χ1) is 15.8. The SMILES string of the molecule is O=C(N/N=C\c1cn(Cc2ccc(Cl)c(Cl)c2)c2ccccc12)c1cc([N+](=O)[O-])ccc1O. The first-order valence-corrected chi connectivity index (χ1v) is 10.4. The van der Waals surface area contributed by atoms with E-state index in [1.165, 1.54) is 6.21 Å². The number of carbonyl (C=O) groups excluding carboxylic acids is 1. The summed E-state index contributed by atoms with van der Waals surface area (Å²) in [5.74, 6) is -1.15. The highest BCUT2D eigenvalue weighted by atomic mass is 35.5. The second-order valence-electron chi connectivity index (χ2n) is 7.14. The second-order valence-corrected chi connectivity index (χ2v) is 7.95. The van der Waals surface area contributed by atoms with Gasteiger partial charge in [0.1, 0.15) is 5.75 Å². The number of para-hydroxylation sites is 1. The summed E-state index contributed by atoms with van der Waals surface area (Å²) in [6.07, 6.45) is 3.35. The lowest BCUT2D eigenvalue weighted by Gasteiger charge is -2.06. The van der Waals surface area contributed by atoms with E-state index in [2.05, 4.69) is 10.5 Å². The van der Waals surface area contributed by atoms with Crippen molar-refractivity contribution in [2.24, 2.45) is 5.10 Å². The van der Waals surface area contributed by atoms with Crippen LogP contribution in [0.1, 0.15) is 21.5 Å². The third kappa shape index (κ3) is 4.82. The highest BCUT2D eigenvalue weighted by Gasteiger charge is 2.16. The van der Waals surface area contributed by atoms with Gasteiger partial charge in [0.05, 0.1) is 26.7 Å². The summed E-state index contributed by atoms with van der Waals surface area (Å²) >= 11 is 12.1. The lowest BCUT2D eigenvalue weighted by Crippen LogP contribution is -2.17. The van der Waals surface area contributed by atoms with E-state index in [-0.39, 0.29) is 17.0 Å². The van der Waals surface area contributed by atoms with Crippen molar-refractivity contribution in [2.75, 3.05) is 0 Å². The smallest absolute Gasteiger partial charge is 0.275 e. The Morgan fingerprint density at radius 2 is 1.91 bits per heavy atom. The molecule has 0 bridgehead atoms. The van der Waals surface area contributed by atoms with Crippen molar-refractivity contribution >= 4 is 51.9 Å². The van der Waals surface area contributed by atoms with Crippen molar-refractivity contribution in [3.63, 3.8) is 0 Å². The maximum Gasteiger partial charge on any atom is 0.275 e. The predicted octanol–water partition coefficient (Wildman–Crippen LogP) is 5.37. The van der Waals surface area contributed by atoms with Crippen molar-refractivity contribution in [3.05, 3.63) is 104 Å². The van der Waals surface area contributed by atoms with Gasteiger partial charge >= 0.3 is 0 Å². The molecule has 166 valence electrons. The Morgan fingerprint density at radius 3 is 2.67 bits per heavy atom. The number of hydrogen-bond acceptors (Lipinski definition) is 5. The molecule has 0 fully saturated rings. The lowest BCUT2D eigenvalue weighted by molar-refractivity contribution is -0.384. The topological polar surface area (TPSA) is 110 Å². The number of aromatic hydroxyl groups is 1. The number of rotatable bonds is 6. The van der Waals surface area contributed by atoms with E-state index in [0.717, 1.165) is 40.2 Å². The first-order valence-electron chi connectivity index (χ1n) is 9.66. The third-order valence-electron chi connectivity index (χ3n) is 4.96. The van der Waals surface area contributed by atoms with Crippen LogP contribution in [0, 0.1) is 10.1 Å². The van der Waals surface area contributed by atoms with Crippen LogP contribution in [0.5, 0.6) is 5.75 Å². The van der Waals surface area contributed by atoms with Gasteiger partial charge in [-0.15, -0.1) is 0 Å². The molecule has 1 heterocycles. The van der Waals surface area contributed by atoms with Gasteiger partial charge in [-0.3, -0.25) is 14.9 Å². The quantitative estimate of drug-likeness (QED) is 0.218. The van der Waals surface area contributed by atoms with Crippen molar-refractivity contribution in [1.82, 2.24) is 9.99 Å². The first kappa shape index (κ1) is 22.3. The van der Waals surface area contributed by atoms with Crippen LogP contribution in [0.3, 0.4) is 0 Å². The summed E-state index contributed by atoms with van der Waals surface area (Å²) < 4.78 is 2.02. The average Bonchev–Trinajstić information content (AvgIpc) is 3.14. The van der Waals surface area contributed by atoms with Crippen LogP contribution in [0.25, 0.3) is 10.9 Å². The molecule has 0 unspecified atom stereocenters. The molecule has 3 aromatic carbocycles. The van der Waals surface area contributed by atoms with E-state index in [1.54, 1.807) is 12.1 Å². The van der Waals surface area contributed by atoms with Crippen LogP contribution >= 0.6 is 23.2 Å². The molecule has 33 heavy (non-hydrogen) atoms. The Labute approximate surface area is 197 Å². The van der Waals surface area contributed by atoms with E-state index >= 15 is 0 Å². The molecular formula is C23H16Cl2N4O4. The highest BCUT2D eigenvalue weighted by molar-refractivity contribution is 6.42. The zero-order valence-corrected chi connectivity index (χ0v) is 18.4. The number of non-ortho nitro benzene ring substituents is 1. The Morgan fingerprint density at radius 1 is 1.12 bits per heavy atom. The number of aromatic nitrogens is 1. The van der Waals surface area contributed by atoms with Gasteiger partial charge in [-0.1, -0.05) is 47.5 Å². The molecule has 0 atom stereocenters. The molecule has 0 aliphatic rings. The number of nitro benzene ring substituents is 1. The number of halogens is 2. The second kappa shape index (κ2) is 9.32. The molecule has 0 saturated carbocycles. The molecule has 10 heteroatoms. The summed E-state index contributed by atoms with van der Waals surface area (Å²) in [4.78, 5) is 22.6. The minimum Gasteiger partial charge on any atom is -0.507 e. The fourth-order valence-corrected chi connectivity index (χ4v) is 3.70. The van der Waals surface area contributed by atoms with Crippen molar-refractivity contribution in [2.45, 2.75) is 6.54 Å². The molecule has 0 spiro atoms.